The minimum atomic E-state index is 0.219. The van der Waals surface area contributed by atoms with Gasteiger partial charge in [0.1, 0.15) is 11.5 Å². The highest BCUT2D eigenvalue weighted by atomic mass is 79.9. The second-order valence-corrected chi connectivity index (χ2v) is 5.95. The fourth-order valence-electron chi connectivity index (χ4n) is 2.12. The van der Waals surface area contributed by atoms with Crippen LogP contribution in [0.4, 0.5) is 0 Å². The second kappa shape index (κ2) is 6.01. The Morgan fingerprint density at radius 2 is 2.00 bits per heavy atom. The highest BCUT2D eigenvalue weighted by molar-refractivity contribution is 9.11. The van der Waals surface area contributed by atoms with E-state index in [1.54, 1.807) is 0 Å². The van der Waals surface area contributed by atoms with Crippen LogP contribution in [-0.2, 0) is 4.79 Å². The number of benzene rings is 1. The SMILES string of the molecule is O=C1CCCC1CCOc1c(Br)cccc1Br. The highest BCUT2D eigenvalue weighted by Gasteiger charge is 2.24. The summed E-state index contributed by atoms with van der Waals surface area (Å²) >= 11 is 6.90. The Morgan fingerprint density at radius 3 is 2.59 bits per heavy atom. The van der Waals surface area contributed by atoms with Crippen molar-refractivity contribution in [3.8, 4) is 5.75 Å². The van der Waals surface area contributed by atoms with E-state index in [0.29, 0.717) is 12.4 Å². The van der Waals surface area contributed by atoms with Gasteiger partial charge in [-0.3, -0.25) is 4.79 Å². The maximum atomic E-state index is 11.5. The largest absolute Gasteiger partial charge is 0.491 e. The lowest BCUT2D eigenvalue weighted by molar-refractivity contribution is -0.121. The number of hydrogen-bond donors (Lipinski definition) is 0. The summed E-state index contributed by atoms with van der Waals surface area (Å²) in [5, 5.41) is 0. The Morgan fingerprint density at radius 1 is 1.29 bits per heavy atom. The number of para-hydroxylation sites is 1. The van der Waals surface area contributed by atoms with Gasteiger partial charge in [-0.1, -0.05) is 6.07 Å². The van der Waals surface area contributed by atoms with Crippen LogP contribution in [0, 0.1) is 5.92 Å². The summed E-state index contributed by atoms with van der Waals surface area (Å²) in [5.74, 6) is 1.44. The van der Waals surface area contributed by atoms with Gasteiger partial charge >= 0.3 is 0 Å². The summed E-state index contributed by atoms with van der Waals surface area (Å²) < 4.78 is 7.60. The molecule has 1 saturated carbocycles. The van der Waals surface area contributed by atoms with Gasteiger partial charge in [0.15, 0.2) is 0 Å². The van der Waals surface area contributed by atoms with Gasteiger partial charge in [0, 0.05) is 12.3 Å². The summed E-state index contributed by atoms with van der Waals surface area (Å²) in [6.45, 7) is 0.595. The standard InChI is InChI=1S/C13H14Br2O2/c14-10-4-2-5-11(15)13(10)17-8-7-9-3-1-6-12(9)16/h2,4-5,9H,1,3,6-8H2. The van der Waals surface area contributed by atoms with Crippen molar-refractivity contribution in [2.45, 2.75) is 25.7 Å². The Bertz CT molecular complexity index is 398. The molecule has 0 aliphatic heterocycles. The number of ether oxygens (including phenoxy) is 1. The predicted octanol–water partition coefficient (Wildman–Crippen LogP) is 4.35. The Hall–Kier alpha value is -0.350. The van der Waals surface area contributed by atoms with E-state index in [-0.39, 0.29) is 5.92 Å². The van der Waals surface area contributed by atoms with E-state index < -0.39 is 0 Å². The monoisotopic (exact) mass is 360 g/mol. The van der Waals surface area contributed by atoms with Crippen molar-refractivity contribution in [1.29, 1.82) is 0 Å². The minimum Gasteiger partial charge on any atom is -0.491 e. The quantitative estimate of drug-likeness (QED) is 0.796. The van der Waals surface area contributed by atoms with E-state index in [1.165, 1.54) is 0 Å². The lowest BCUT2D eigenvalue weighted by Crippen LogP contribution is -2.11. The van der Waals surface area contributed by atoms with Crippen molar-refractivity contribution >= 4 is 37.6 Å². The number of halogens is 2. The zero-order valence-electron chi connectivity index (χ0n) is 9.42. The van der Waals surface area contributed by atoms with Crippen LogP contribution in [0.2, 0.25) is 0 Å². The van der Waals surface area contributed by atoms with Gasteiger partial charge in [0.05, 0.1) is 15.6 Å². The summed E-state index contributed by atoms with van der Waals surface area (Å²) in [4.78, 5) is 11.5. The first-order chi connectivity index (χ1) is 8.18. The van der Waals surface area contributed by atoms with Crippen molar-refractivity contribution in [2.24, 2.45) is 5.92 Å². The molecule has 1 aliphatic carbocycles. The third kappa shape index (κ3) is 3.32. The summed E-state index contributed by atoms with van der Waals surface area (Å²) in [7, 11) is 0. The normalized spacial score (nSPS) is 19.6. The molecule has 0 spiro atoms. The van der Waals surface area contributed by atoms with Gasteiger partial charge < -0.3 is 4.74 Å². The fourth-order valence-corrected chi connectivity index (χ4v) is 3.34. The molecule has 0 saturated heterocycles. The summed E-state index contributed by atoms with van der Waals surface area (Å²) in [5.41, 5.74) is 0. The molecule has 0 aromatic heterocycles. The zero-order valence-corrected chi connectivity index (χ0v) is 12.6. The first-order valence-corrected chi connectivity index (χ1v) is 7.36. The molecule has 4 heteroatoms. The van der Waals surface area contributed by atoms with Gasteiger partial charge in [-0.2, -0.15) is 0 Å². The third-order valence-corrected chi connectivity index (χ3v) is 4.31. The predicted molar refractivity (Wildman–Crippen MR) is 74.3 cm³/mol. The van der Waals surface area contributed by atoms with Crippen LogP contribution in [0.25, 0.3) is 0 Å². The van der Waals surface area contributed by atoms with Crippen LogP contribution in [-0.4, -0.2) is 12.4 Å². The molecular weight excluding hydrogens is 348 g/mol. The molecule has 0 heterocycles. The Labute approximate surface area is 118 Å². The van der Waals surface area contributed by atoms with Crippen LogP contribution >= 0.6 is 31.9 Å². The average Bonchev–Trinajstić information content (AvgIpc) is 2.69. The van der Waals surface area contributed by atoms with Crippen LogP contribution in [0.1, 0.15) is 25.7 Å². The molecular formula is C13H14Br2O2. The number of carbonyl (C=O) groups is 1. The topological polar surface area (TPSA) is 26.3 Å². The van der Waals surface area contributed by atoms with Gasteiger partial charge in [0.2, 0.25) is 0 Å². The third-order valence-electron chi connectivity index (χ3n) is 3.06. The van der Waals surface area contributed by atoms with Crippen LogP contribution < -0.4 is 4.74 Å². The van der Waals surface area contributed by atoms with Crippen LogP contribution in [0.3, 0.4) is 0 Å². The molecule has 1 aromatic rings. The molecule has 1 atom stereocenters. The zero-order chi connectivity index (χ0) is 12.3. The first kappa shape index (κ1) is 13.1. The van der Waals surface area contributed by atoms with E-state index in [1.807, 2.05) is 18.2 Å². The molecule has 0 N–H and O–H groups in total. The Balaban J connectivity index is 1.88. The van der Waals surface area contributed by atoms with Gasteiger partial charge in [-0.25, -0.2) is 0 Å². The number of carbonyl (C=O) groups excluding carboxylic acids is 1. The molecule has 1 fully saturated rings. The van der Waals surface area contributed by atoms with Gasteiger partial charge in [-0.05, 0) is 63.3 Å². The van der Waals surface area contributed by atoms with Crippen molar-refractivity contribution in [2.75, 3.05) is 6.61 Å². The number of rotatable bonds is 4. The van der Waals surface area contributed by atoms with Crippen LogP contribution in [0.5, 0.6) is 5.75 Å². The molecule has 2 rings (SSSR count). The lowest BCUT2D eigenvalue weighted by Gasteiger charge is -2.12. The highest BCUT2D eigenvalue weighted by Crippen LogP contribution is 2.33. The maximum Gasteiger partial charge on any atom is 0.147 e. The van der Waals surface area contributed by atoms with E-state index in [4.69, 9.17) is 4.74 Å². The van der Waals surface area contributed by atoms with Crippen molar-refractivity contribution < 1.29 is 9.53 Å². The van der Waals surface area contributed by atoms with E-state index in [9.17, 15) is 4.79 Å². The molecule has 0 amide bonds. The van der Waals surface area contributed by atoms with Crippen molar-refractivity contribution in [1.82, 2.24) is 0 Å². The molecule has 0 bridgehead atoms. The lowest BCUT2D eigenvalue weighted by atomic mass is 10.0. The Kier molecular flexibility index (Phi) is 4.62. The molecule has 17 heavy (non-hydrogen) atoms. The molecule has 2 nitrogen and oxygen atoms in total. The van der Waals surface area contributed by atoms with Crippen molar-refractivity contribution in [3.63, 3.8) is 0 Å². The minimum absolute atomic E-state index is 0.219. The number of ketones is 1. The molecule has 0 radical (unpaired) electrons. The second-order valence-electron chi connectivity index (χ2n) is 4.24. The van der Waals surface area contributed by atoms with E-state index >= 15 is 0 Å². The smallest absolute Gasteiger partial charge is 0.147 e. The number of Topliss-reactive ketones (excluding diaryl/α,β-unsaturated/α-hetero) is 1. The maximum absolute atomic E-state index is 11.5. The van der Waals surface area contributed by atoms with Crippen molar-refractivity contribution in [3.05, 3.63) is 27.1 Å². The molecule has 1 aliphatic rings. The molecule has 1 unspecified atom stereocenters. The average molecular weight is 362 g/mol. The summed E-state index contributed by atoms with van der Waals surface area (Å²) in [6.07, 6.45) is 3.65. The van der Waals surface area contributed by atoms with E-state index in [0.717, 1.165) is 40.4 Å². The number of hydrogen-bond acceptors (Lipinski definition) is 2. The molecule has 92 valence electrons. The van der Waals surface area contributed by atoms with Gasteiger partial charge in [0.25, 0.3) is 0 Å². The van der Waals surface area contributed by atoms with Crippen LogP contribution in [0.15, 0.2) is 27.1 Å². The van der Waals surface area contributed by atoms with Gasteiger partial charge in [-0.15, -0.1) is 0 Å². The molecule has 1 aromatic carbocycles. The fraction of sp³-hybridized carbons (Fsp3) is 0.462. The summed E-state index contributed by atoms with van der Waals surface area (Å²) in [6, 6.07) is 5.84. The van der Waals surface area contributed by atoms with E-state index in [2.05, 4.69) is 31.9 Å². The first-order valence-electron chi connectivity index (χ1n) is 5.78.